The van der Waals surface area contributed by atoms with Crippen LogP contribution >= 0.6 is 0 Å². The molecule has 0 saturated carbocycles. The Morgan fingerprint density at radius 1 is 1.00 bits per heavy atom. The van der Waals surface area contributed by atoms with Crippen LogP contribution in [-0.2, 0) is 17.9 Å². The zero-order chi connectivity index (χ0) is 24.3. The summed E-state index contributed by atoms with van der Waals surface area (Å²) in [4.78, 5) is 5.94. The molecule has 0 spiro atoms. The topological polar surface area (TPSA) is 51.4 Å². The number of hydrogen-bond donors (Lipinski definition) is 1. The summed E-state index contributed by atoms with van der Waals surface area (Å²) in [7, 11) is 0. The molecule has 0 saturated heterocycles. The van der Waals surface area contributed by atoms with Gasteiger partial charge in [-0.15, -0.1) is 0 Å². The van der Waals surface area contributed by atoms with Crippen molar-refractivity contribution in [1.29, 1.82) is 5.26 Å². The number of alkyl halides is 6. The average Bonchev–Trinajstić information content (AvgIpc) is 3.09. The summed E-state index contributed by atoms with van der Waals surface area (Å²) in [6.07, 6.45) is -10.0. The highest BCUT2D eigenvalue weighted by Gasteiger charge is 2.54. The van der Waals surface area contributed by atoms with Gasteiger partial charge in [0.15, 0.2) is 0 Å². The molecule has 0 aliphatic carbocycles. The summed E-state index contributed by atoms with van der Waals surface area (Å²) in [6.45, 7) is 4.83. The molecule has 4 rings (SSSR count). The maximum absolute atomic E-state index is 13.7. The van der Waals surface area contributed by atoms with Gasteiger partial charge in [0.05, 0.1) is 39.8 Å². The molecule has 2 heterocycles. The Labute approximate surface area is 185 Å². The largest absolute Gasteiger partial charge is 0.416 e. The molecule has 4 nitrogen and oxygen atoms in total. The molecular formula is C23H18F6N4. The van der Waals surface area contributed by atoms with Crippen molar-refractivity contribution in [2.45, 2.75) is 38.7 Å². The zero-order valence-corrected chi connectivity index (χ0v) is 17.7. The number of fused-ring (bicyclic) bond motifs is 3. The number of guanidine groups is 1. The lowest BCUT2D eigenvalue weighted by Crippen LogP contribution is -2.56. The second-order valence-electron chi connectivity index (χ2n) is 8.20. The van der Waals surface area contributed by atoms with E-state index in [1.165, 1.54) is 11.8 Å². The van der Waals surface area contributed by atoms with E-state index in [0.29, 0.717) is 23.5 Å². The van der Waals surface area contributed by atoms with Gasteiger partial charge in [0.25, 0.3) is 0 Å². The maximum Gasteiger partial charge on any atom is 0.416 e. The van der Waals surface area contributed by atoms with E-state index in [-0.39, 0.29) is 28.9 Å². The Balaban J connectivity index is 2.14. The van der Waals surface area contributed by atoms with Crippen LogP contribution < -0.4 is 10.2 Å². The van der Waals surface area contributed by atoms with Gasteiger partial charge in [0.2, 0.25) is 5.96 Å². The number of allylic oxidation sites excluding steroid dienone is 1. The van der Waals surface area contributed by atoms with Gasteiger partial charge >= 0.3 is 12.4 Å². The van der Waals surface area contributed by atoms with E-state index in [1.54, 1.807) is 38.1 Å². The lowest BCUT2D eigenvalue weighted by molar-refractivity contribution is -0.143. The minimum Gasteiger partial charge on any atom is -0.324 e. The number of nitrogens with one attached hydrogen (secondary N) is 1. The summed E-state index contributed by atoms with van der Waals surface area (Å²) in [5.41, 5.74) is -3.57. The van der Waals surface area contributed by atoms with Crippen molar-refractivity contribution in [2.75, 3.05) is 10.2 Å². The summed E-state index contributed by atoms with van der Waals surface area (Å²) < 4.78 is 82.2. The normalized spacial score (nSPS) is 20.3. The number of benzene rings is 2. The number of hydrogen-bond acceptors (Lipinski definition) is 4. The van der Waals surface area contributed by atoms with Crippen molar-refractivity contribution in [1.82, 2.24) is 0 Å². The molecule has 1 atom stereocenters. The van der Waals surface area contributed by atoms with Crippen molar-refractivity contribution in [3.8, 4) is 6.07 Å². The fraction of sp³-hybridized carbons (Fsp3) is 0.304. The highest BCUT2D eigenvalue weighted by atomic mass is 19.4. The van der Waals surface area contributed by atoms with Gasteiger partial charge in [0, 0.05) is 0 Å². The lowest BCUT2D eigenvalue weighted by atomic mass is 9.70. The number of anilines is 2. The smallest absolute Gasteiger partial charge is 0.324 e. The molecule has 2 aliphatic heterocycles. The van der Waals surface area contributed by atoms with Crippen molar-refractivity contribution >= 4 is 17.3 Å². The minimum absolute atomic E-state index is 0.0211. The van der Waals surface area contributed by atoms with E-state index in [9.17, 15) is 31.6 Å². The van der Waals surface area contributed by atoms with Gasteiger partial charge < -0.3 is 5.32 Å². The monoisotopic (exact) mass is 464 g/mol. The first-order chi connectivity index (χ1) is 15.3. The first-order valence-electron chi connectivity index (χ1n) is 9.98. The Morgan fingerprint density at radius 3 is 2.09 bits per heavy atom. The third-order valence-electron chi connectivity index (χ3n) is 5.95. The molecule has 2 aromatic carbocycles. The van der Waals surface area contributed by atoms with Crippen LogP contribution in [0.1, 0.15) is 37.5 Å². The van der Waals surface area contributed by atoms with Crippen molar-refractivity contribution < 1.29 is 26.3 Å². The predicted molar refractivity (Wildman–Crippen MR) is 111 cm³/mol. The van der Waals surface area contributed by atoms with Gasteiger partial charge in [-0.25, -0.2) is 4.99 Å². The van der Waals surface area contributed by atoms with Gasteiger partial charge in [0.1, 0.15) is 5.54 Å². The van der Waals surface area contributed by atoms with Crippen LogP contribution in [0.4, 0.5) is 37.7 Å². The Kier molecular flexibility index (Phi) is 5.00. The fourth-order valence-corrected chi connectivity index (χ4v) is 4.60. The third-order valence-corrected chi connectivity index (χ3v) is 5.95. The van der Waals surface area contributed by atoms with Crippen molar-refractivity contribution in [3.63, 3.8) is 0 Å². The van der Waals surface area contributed by atoms with Gasteiger partial charge in [-0.1, -0.05) is 26.0 Å². The maximum atomic E-state index is 13.7. The molecule has 1 N–H and O–H groups in total. The number of halogens is 6. The molecule has 0 fully saturated rings. The molecule has 1 unspecified atom stereocenters. The summed E-state index contributed by atoms with van der Waals surface area (Å²) in [6, 6.07) is 10.3. The van der Waals surface area contributed by atoms with Gasteiger partial charge in [-0.05, 0) is 48.7 Å². The molecule has 2 aliphatic rings. The van der Waals surface area contributed by atoms with Crippen molar-refractivity contribution in [3.05, 3.63) is 70.4 Å². The summed E-state index contributed by atoms with van der Waals surface area (Å²) >= 11 is 0. The molecule has 0 radical (unpaired) electrons. The van der Waals surface area contributed by atoms with Gasteiger partial charge in [-0.2, -0.15) is 31.6 Å². The third kappa shape index (κ3) is 3.34. The lowest BCUT2D eigenvalue weighted by Gasteiger charge is -2.48. The van der Waals surface area contributed by atoms with Crippen LogP contribution in [0.5, 0.6) is 0 Å². The molecule has 0 amide bonds. The number of nitriles is 1. The van der Waals surface area contributed by atoms with Crippen molar-refractivity contribution in [2.24, 2.45) is 10.9 Å². The van der Waals surface area contributed by atoms with Crippen LogP contribution in [0.2, 0.25) is 0 Å². The Morgan fingerprint density at radius 2 is 1.58 bits per heavy atom. The molecule has 0 bridgehead atoms. The standard InChI is InChI=1S/C23H18F6N4/c1-12(2)21(14-8-15(22(24,25)26)10-16(9-14)23(27,28)29)17(11-30)13(3)31-20-32-18-6-4-5-7-19(18)33(20)21/h4-10,12H,1-3H3,(H,31,32). The first kappa shape index (κ1) is 22.7. The fourth-order valence-electron chi connectivity index (χ4n) is 4.60. The molecule has 2 aromatic rings. The average molecular weight is 464 g/mol. The molecule has 172 valence electrons. The Bertz CT molecular complexity index is 1200. The summed E-state index contributed by atoms with van der Waals surface area (Å²) in [5.74, 6) is -0.391. The van der Waals surface area contributed by atoms with E-state index in [1.807, 2.05) is 6.07 Å². The number of rotatable bonds is 2. The molecule has 10 heteroatoms. The van der Waals surface area contributed by atoms with E-state index >= 15 is 0 Å². The highest BCUT2D eigenvalue weighted by Crippen LogP contribution is 2.53. The van der Waals surface area contributed by atoms with Crippen LogP contribution in [0.15, 0.2) is 58.7 Å². The molecule has 0 aromatic heterocycles. The van der Waals surface area contributed by atoms with E-state index in [2.05, 4.69) is 10.3 Å². The number of aliphatic imine (C=N–C) groups is 1. The number of para-hydroxylation sites is 2. The molecular weight excluding hydrogens is 446 g/mol. The molecule has 33 heavy (non-hydrogen) atoms. The Hall–Kier alpha value is -3.48. The zero-order valence-electron chi connectivity index (χ0n) is 17.7. The van der Waals surface area contributed by atoms with E-state index in [0.717, 1.165) is 0 Å². The predicted octanol–water partition coefficient (Wildman–Crippen LogP) is 6.67. The second kappa shape index (κ2) is 7.27. The highest BCUT2D eigenvalue weighted by molar-refractivity contribution is 6.17. The number of nitrogens with zero attached hydrogens (tertiary/aromatic N) is 3. The van der Waals surface area contributed by atoms with Crippen LogP contribution in [0, 0.1) is 17.2 Å². The van der Waals surface area contributed by atoms with Crippen LogP contribution in [0.3, 0.4) is 0 Å². The minimum atomic E-state index is -5.02. The van der Waals surface area contributed by atoms with Crippen LogP contribution in [-0.4, -0.2) is 5.96 Å². The first-order valence-corrected chi connectivity index (χ1v) is 9.98. The van der Waals surface area contributed by atoms with E-state index < -0.39 is 34.9 Å². The van der Waals surface area contributed by atoms with E-state index in [4.69, 9.17) is 0 Å². The van der Waals surface area contributed by atoms with Crippen LogP contribution in [0.25, 0.3) is 0 Å². The summed E-state index contributed by atoms with van der Waals surface area (Å²) in [5, 5.41) is 13.1. The quantitative estimate of drug-likeness (QED) is 0.505. The van der Waals surface area contributed by atoms with Gasteiger partial charge in [-0.3, -0.25) is 4.90 Å². The SMILES string of the molecule is CC1=C(C#N)C(c2cc(C(F)(F)F)cc(C(F)(F)F)c2)(C(C)C)N2C(=N1)Nc1ccccc12. The second-order valence-corrected chi connectivity index (χ2v) is 8.20.